The smallest absolute Gasteiger partial charge is 0.266 e. The van der Waals surface area contributed by atoms with Gasteiger partial charge < -0.3 is 0 Å². The van der Waals surface area contributed by atoms with Crippen molar-refractivity contribution in [1.29, 1.82) is 0 Å². The molecule has 0 aliphatic heterocycles. The summed E-state index contributed by atoms with van der Waals surface area (Å²) in [5.41, 5.74) is -0.892. The molecule has 0 aliphatic carbocycles. The number of nitro groups is 2. The zero-order chi connectivity index (χ0) is 24.9. The van der Waals surface area contributed by atoms with Gasteiger partial charge in [-0.05, 0) is 11.1 Å². The van der Waals surface area contributed by atoms with Crippen LogP contribution in [0, 0.1) is 20.2 Å². The van der Waals surface area contributed by atoms with Crippen molar-refractivity contribution >= 4 is 45.5 Å². The summed E-state index contributed by atoms with van der Waals surface area (Å²) >= 11 is 6.54. The van der Waals surface area contributed by atoms with Gasteiger partial charge in [-0.2, -0.15) is 18.3 Å². The van der Waals surface area contributed by atoms with Crippen LogP contribution in [0.25, 0.3) is 10.6 Å². The number of nitrogens with zero attached hydrogens (tertiary/aromatic N) is 3. The zero-order valence-electron chi connectivity index (χ0n) is 17.0. The fraction of sp³-hybridized carbons (Fsp3) is 0.0455. The first-order valence-electron chi connectivity index (χ1n) is 9.43. The first-order chi connectivity index (χ1) is 16.1. The number of hydrogen-bond acceptors (Lipinski definition) is 6. The molecule has 0 heterocycles. The molecule has 0 saturated heterocycles. The van der Waals surface area contributed by atoms with E-state index in [4.69, 9.17) is 11.6 Å². The largest absolute Gasteiger partial charge is 0.416 e. The molecule has 1 N–H and O–H groups in total. The van der Waals surface area contributed by atoms with Gasteiger partial charge in [0.05, 0.1) is 26.7 Å². The van der Waals surface area contributed by atoms with Gasteiger partial charge in [0.25, 0.3) is 0 Å². The van der Waals surface area contributed by atoms with E-state index >= 15 is 0 Å². The molecule has 0 amide bonds. The molecule has 8 nitrogen and oxygen atoms in total. The fourth-order valence-corrected chi connectivity index (χ4v) is 3.24. The second-order valence-corrected chi connectivity index (χ2v) is 7.11. The van der Waals surface area contributed by atoms with Gasteiger partial charge in [0, 0.05) is 17.7 Å². The molecule has 0 unspecified atom stereocenters. The molecule has 0 fully saturated rings. The molecular formula is C22H14ClF3N4O4. The zero-order valence-corrected chi connectivity index (χ0v) is 17.7. The summed E-state index contributed by atoms with van der Waals surface area (Å²) in [7, 11) is 0. The van der Waals surface area contributed by atoms with E-state index in [9.17, 15) is 33.4 Å². The number of nitrogens with one attached hydrogen (secondary N) is 1. The molecule has 34 heavy (non-hydrogen) atoms. The van der Waals surface area contributed by atoms with Crippen LogP contribution >= 0.6 is 11.6 Å². The van der Waals surface area contributed by atoms with Gasteiger partial charge in [0.1, 0.15) is 0 Å². The molecule has 0 bridgehead atoms. The highest BCUT2D eigenvalue weighted by molar-refractivity contribution is 6.56. The van der Waals surface area contributed by atoms with E-state index in [0.29, 0.717) is 16.7 Å². The van der Waals surface area contributed by atoms with Crippen molar-refractivity contribution in [3.8, 4) is 0 Å². The SMILES string of the molecule is O=[N+]([O-])c1cc(C(F)(F)F)cc([N+](=O)[O-])c1NN=CC(=C(Cl)c1ccccc1)c1ccccc1. The molecule has 0 aliphatic rings. The third kappa shape index (κ3) is 5.56. The lowest BCUT2D eigenvalue weighted by Crippen LogP contribution is -2.09. The summed E-state index contributed by atoms with van der Waals surface area (Å²) in [4.78, 5) is 20.4. The third-order valence-corrected chi connectivity index (χ3v) is 4.96. The Morgan fingerprint density at radius 1 is 0.882 bits per heavy atom. The minimum atomic E-state index is -5.02. The van der Waals surface area contributed by atoms with Crippen LogP contribution < -0.4 is 5.43 Å². The van der Waals surface area contributed by atoms with Gasteiger partial charge in [-0.1, -0.05) is 72.3 Å². The van der Waals surface area contributed by atoms with Gasteiger partial charge in [0.15, 0.2) is 0 Å². The Bertz CT molecular complexity index is 1250. The van der Waals surface area contributed by atoms with Crippen LogP contribution in [0.5, 0.6) is 0 Å². The Balaban J connectivity index is 2.10. The second kappa shape index (κ2) is 10.1. The predicted octanol–water partition coefficient (Wildman–Crippen LogP) is 6.73. The number of alkyl halides is 3. The van der Waals surface area contributed by atoms with Crippen molar-refractivity contribution < 1.29 is 23.0 Å². The maximum Gasteiger partial charge on any atom is 0.416 e. The van der Waals surface area contributed by atoms with Gasteiger partial charge in [-0.3, -0.25) is 25.7 Å². The summed E-state index contributed by atoms with van der Waals surface area (Å²) in [5, 5.41) is 26.9. The highest BCUT2D eigenvalue weighted by Gasteiger charge is 2.37. The highest BCUT2D eigenvalue weighted by Crippen LogP contribution is 2.41. The molecular weight excluding hydrogens is 477 g/mol. The van der Waals surface area contributed by atoms with E-state index in [1.54, 1.807) is 60.7 Å². The summed E-state index contributed by atoms with van der Waals surface area (Å²) < 4.78 is 39.3. The number of anilines is 1. The predicted molar refractivity (Wildman–Crippen MR) is 122 cm³/mol. The van der Waals surface area contributed by atoms with Gasteiger partial charge in [-0.25, -0.2) is 0 Å². The van der Waals surface area contributed by atoms with E-state index in [-0.39, 0.29) is 17.2 Å². The van der Waals surface area contributed by atoms with Crippen LogP contribution in [0.1, 0.15) is 16.7 Å². The molecule has 12 heteroatoms. The Hall–Kier alpha value is -4.25. The van der Waals surface area contributed by atoms with Crippen LogP contribution in [0.4, 0.5) is 30.2 Å². The summed E-state index contributed by atoms with van der Waals surface area (Å²) in [6.45, 7) is 0. The van der Waals surface area contributed by atoms with Gasteiger partial charge >= 0.3 is 17.6 Å². The topological polar surface area (TPSA) is 111 Å². The number of benzene rings is 3. The summed E-state index contributed by atoms with van der Waals surface area (Å²) in [6, 6.07) is 17.8. The maximum atomic E-state index is 13.1. The minimum absolute atomic E-state index is 0.204. The van der Waals surface area contributed by atoms with Crippen molar-refractivity contribution in [2.45, 2.75) is 6.18 Å². The molecule has 0 saturated carbocycles. The number of allylic oxidation sites excluding steroid dienone is 1. The van der Waals surface area contributed by atoms with Crippen molar-refractivity contribution in [1.82, 2.24) is 0 Å². The van der Waals surface area contributed by atoms with Crippen molar-refractivity contribution in [3.05, 3.63) is 110 Å². The Morgan fingerprint density at radius 2 is 1.35 bits per heavy atom. The molecule has 174 valence electrons. The quantitative estimate of drug-likeness (QED) is 0.171. The number of rotatable bonds is 7. The molecule has 0 atom stereocenters. The fourth-order valence-electron chi connectivity index (χ4n) is 2.96. The van der Waals surface area contributed by atoms with E-state index in [2.05, 4.69) is 10.5 Å². The monoisotopic (exact) mass is 490 g/mol. The van der Waals surface area contributed by atoms with Crippen LogP contribution in [-0.4, -0.2) is 16.1 Å². The lowest BCUT2D eigenvalue weighted by Gasteiger charge is -2.10. The first-order valence-corrected chi connectivity index (χ1v) is 9.81. The number of halogens is 4. The van der Waals surface area contributed by atoms with E-state index in [0.717, 1.165) is 0 Å². The van der Waals surface area contributed by atoms with Crippen LogP contribution in [0.2, 0.25) is 0 Å². The number of hydrazone groups is 1. The first kappa shape index (κ1) is 24.4. The Kier molecular flexibility index (Phi) is 7.27. The highest BCUT2D eigenvalue weighted by atomic mass is 35.5. The maximum absolute atomic E-state index is 13.1. The number of nitro benzene ring substituents is 2. The molecule has 0 radical (unpaired) electrons. The third-order valence-electron chi connectivity index (χ3n) is 4.54. The summed E-state index contributed by atoms with van der Waals surface area (Å²) in [5.74, 6) is 0. The number of hydrogen-bond donors (Lipinski definition) is 1. The van der Waals surface area contributed by atoms with E-state index in [1.807, 2.05) is 0 Å². The lowest BCUT2D eigenvalue weighted by molar-refractivity contribution is -0.392. The molecule has 3 aromatic carbocycles. The van der Waals surface area contributed by atoms with Crippen LogP contribution in [0.15, 0.2) is 77.9 Å². The molecule has 0 aromatic heterocycles. The van der Waals surface area contributed by atoms with Crippen molar-refractivity contribution in [3.63, 3.8) is 0 Å². The van der Waals surface area contributed by atoms with E-state index < -0.39 is 38.6 Å². The van der Waals surface area contributed by atoms with Gasteiger partial charge in [-0.15, -0.1) is 0 Å². The van der Waals surface area contributed by atoms with Crippen LogP contribution in [-0.2, 0) is 6.18 Å². The molecule has 3 rings (SSSR count). The minimum Gasteiger partial charge on any atom is -0.266 e. The molecule has 3 aromatic rings. The summed E-state index contributed by atoms with van der Waals surface area (Å²) in [6.07, 6.45) is -3.85. The average Bonchev–Trinajstić information content (AvgIpc) is 2.81. The van der Waals surface area contributed by atoms with Crippen LogP contribution in [0.3, 0.4) is 0 Å². The standard InChI is InChI=1S/C22H14ClF3N4O4/c23-20(15-9-5-2-6-10-15)17(14-7-3-1-4-8-14)13-27-28-21-18(29(31)32)11-16(22(24,25)26)12-19(21)30(33)34/h1-13,28H. The van der Waals surface area contributed by atoms with Crippen molar-refractivity contribution in [2.24, 2.45) is 5.10 Å². The Labute approximate surface area is 195 Å². The second-order valence-electron chi connectivity index (χ2n) is 6.73. The normalized spacial score (nSPS) is 12.4. The lowest BCUT2D eigenvalue weighted by atomic mass is 10.0. The average molecular weight is 491 g/mol. The van der Waals surface area contributed by atoms with Gasteiger partial charge in [0.2, 0.25) is 5.69 Å². The molecule has 0 spiro atoms. The Morgan fingerprint density at radius 3 is 1.79 bits per heavy atom. The van der Waals surface area contributed by atoms with Crippen molar-refractivity contribution in [2.75, 3.05) is 5.43 Å². The van der Waals surface area contributed by atoms with E-state index in [1.165, 1.54) is 6.21 Å².